The molecular weight excluding hydrogens is 254 g/mol. The van der Waals surface area contributed by atoms with Crippen molar-refractivity contribution in [3.63, 3.8) is 0 Å². The lowest BCUT2D eigenvalue weighted by atomic mass is 9.93. The van der Waals surface area contributed by atoms with Gasteiger partial charge in [0.25, 0.3) is 0 Å². The predicted molar refractivity (Wildman–Crippen MR) is 77.9 cm³/mol. The van der Waals surface area contributed by atoms with Crippen molar-refractivity contribution >= 4 is 11.8 Å². The van der Waals surface area contributed by atoms with Crippen LogP contribution in [0.5, 0.6) is 0 Å². The molecule has 114 valence electrons. The van der Waals surface area contributed by atoms with Crippen LogP contribution in [0.1, 0.15) is 46.5 Å². The van der Waals surface area contributed by atoms with E-state index in [2.05, 4.69) is 5.32 Å². The molecule has 1 aliphatic carbocycles. The van der Waals surface area contributed by atoms with Gasteiger partial charge in [0, 0.05) is 25.0 Å². The van der Waals surface area contributed by atoms with E-state index in [-0.39, 0.29) is 23.8 Å². The summed E-state index contributed by atoms with van der Waals surface area (Å²) < 4.78 is 0. The Kier molecular flexibility index (Phi) is 4.37. The minimum atomic E-state index is -0.700. The summed E-state index contributed by atoms with van der Waals surface area (Å²) in [6.07, 6.45) is 3.79. The van der Waals surface area contributed by atoms with Gasteiger partial charge in [-0.1, -0.05) is 13.8 Å². The van der Waals surface area contributed by atoms with Crippen LogP contribution in [0.4, 0.5) is 0 Å². The van der Waals surface area contributed by atoms with Crippen LogP contribution in [0.25, 0.3) is 0 Å². The lowest BCUT2D eigenvalue weighted by Crippen LogP contribution is -2.57. The normalized spacial score (nSPS) is 23.6. The van der Waals surface area contributed by atoms with Crippen LogP contribution in [-0.4, -0.2) is 41.4 Å². The third kappa shape index (κ3) is 3.32. The number of carbonyl (C=O) groups excluding carboxylic acids is 2. The highest BCUT2D eigenvalue weighted by atomic mass is 16.2. The number of rotatable bonds is 4. The van der Waals surface area contributed by atoms with Crippen molar-refractivity contribution in [3.05, 3.63) is 0 Å². The quantitative estimate of drug-likeness (QED) is 0.803. The van der Waals surface area contributed by atoms with Gasteiger partial charge in [0.05, 0.1) is 5.54 Å². The molecule has 2 rings (SSSR count). The van der Waals surface area contributed by atoms with Gasteiger partial charge in [-0.05, 0) is 38.5 Å². The van der Waals surface area contributed by atoms with E-state index in [0.717, 1.165) is 25.7 Å². The second-order valence-corrected chi connectivity index (χ2v) is 6.79. The number of nitrogens with zero attached hydrogens (tertiary/aromatic N) is 1. The second kappa shape index (κ2) is 5.72. The zero-order valence-corrected chi connectivity index (χ0v) is 12.8. The van der Waals surface area contributed by atoms with Crippen LogP contribution in [-0.2, 0) is 9.59 Å². The highest BCUT2D eigenvalue weighted by Crippen LogP contribution is 2.39. The van der Waals surface area contributed by atoms with Crippen molar-refractivity contribution < 1.29 is 9.59 Å². The molecule has 1 heterocycles. The number of hydrogen-bond acceptors (Lipinski definition) is 3. The molecule has 3 N–H and O–H groups in total. The molecular formula is C15H27N3O2. The van der Waals surface area contributed by atoms with E-state index in [1.165, 1.54) is 0 Å². The van der Waals surface area contributed by atoms with Gasteiger partial charge >= 0.3 is 0 Å². The van der Waals surface area contributed by atoms with Crippen LogP contribution < -0.4 is 11.1 Å². The fraction of sp³-hybridized carbons (Fsp3) is 0.867. The molecule has 1 unspecified atom stereocenters. The monoisotopic (exact) mass is 281 g/mol. The molecule has 1 saturated heterocycles. The largest absolute Gasteiger partial charge is 0.353 e. The molecule has 0 aromatic heterocycles. The molecule has 1 aliphatic heterocycles. The number of carbonyl (C=O) groups is 2. The highest BCUT2D eigenvalue weighted by Gasteiger charge is 2.46. The third-order valence-corrected chi connectivity index (χ3v) is 4.54. The molecule has 0 aromatic rings. The van der Waals surface area contributed by atoms with Gasteiger partial charge in [0.2, 0.25) is 11.8 Å². The first kappa shape index (κ1) is 15.3. The van der Waals surface area contributed by atoms with E-state index in [1.54, 1.807) is 0 Å². The predicted octanol–water partition coefficient (Wildman–Crippen LogP) is 0.877. The van der Waals surface area contributed by atoms with Crippen LogP contribution in [0, 0.1) is 11.8 Å². The summed E-state index contributed by atoms with van der Waals surface area (Å²) in [4.78, 5) is 26.0. The summed E-state index contributed by atoms with van der Waals surface area (Å²) >= 11 is 0. The maximum Gasteiger partial charge on any atom is 0.242 e. The Balaban J connectivity index is 1.82. The molecule has 2 fully saturated rings. The minimum Gasteiger partial charge on any atom is -0.353 e. The first-order valence-electron chi connectivity index (χ1n) is 7.71. The highest BCUT2D eigenvalue weighted by molar-refractivity contribution is 5.86. The average Bonchev–Trinajstić information content (AvgIpc) is 3.23. The Hall–Kier alpha value is -1.10. The van der Waals surface area contributed by atoms with Crippen molar-refractivity contribution in [2.24, 2.45) is 17.6 Å². The number of nitrogens with one attached hydrogen (secondary N) is 1. The summed E-state index contributed by atoms with van der Waals surface area (Å²) in [5.41, 5.74) is 5.49. The average molecular weight is 281 g/mol. The van der Waals surface area contributed by atoms with Crippen molar-refractivity contribution in [2.75, 3.05) is 13.1 Å². The lowest BCUT2D eigenvalue weighted by Gasteiger charge is -2.37. The van der Waals surface area contributed by atoms with Crippen molar-refractivity contribution in [1.82, 2.24) is 10.2 Å². The SMILES string of the molecule is CC(C)C(=O)NC1CCN(C(=O)C(C)(N)C2CC2)CC1. The van der Waals surface area contributed by atoms with Crippen molar-refractivity contribution in [1.29, 1.82) is 0 Å². The zero-order chi connectivity index (χ0) is 14.9. The number of hydrogen-bond donors (Lipinski definition) is 2. The Labute approximate surface area is 121 Å². The zero-order valence-electron chi connectivity index (χ0n) is 12.8. The van der Waals surface area contributed by atoms with E-state index < -0.39 is 5.54 Å². The summed E-state index contributed by atoms with van der Waals surface area (Å²) in [7, 11) is 0. The summed E-state index contributed by atoms with van der Waals surface area (Å²) in [6.45, 7) is 7.04. The molecule has 5 heteroatoms. The number of piperidine rings is 1. The summed E-state index contributed by atoms with van der Waals surface area (Å²) in [6, 6.07) is 0.193. The molecule has 0 radical (unpaired) electrons. The Morgan fingerprint density at radius 3 is 2.20 bits per heavy atom. The van der Waals surface area contributed by atoms with Crippen molar-refractivity contribution in [2.45, 2.75) is 58.0 Å². The first-order valence-corrected chi connectivity index (χ1v) is 7.71. The van der Waals surface area contributed by atoms with Gasteiger partial charge < -0.3 is 16.0 Å². The smallest absolute Gasteiger partial charge is 0.242 e. The van der Waals surface area contributed by atoms with Gasteiger partial charge in [-0.2, -0.15) is 0 Å². The van der Waals surface area contributed by atoms with E-state index in [9.17, 15) is 9.59 Å². The Morgan fingerprint density at radius 2 is 1.75 bits per heavy atom. The Bertz CT molecular complexity index is 381. The standard InChI is InChI=1S/C15H27N3O2/c1-10(2)13(19)17-12-6-8-18(9-7-12)14(20)15(3,16)11-4-5-11/h10-12H,4-9,16H2,1-3H3,(H,17,19). The van der Waals surface area contributed by atoms with Gasteiger partial charge in [0.1, 0.15) is 0 Å². The maximum absolute atomic E-state index is 12.5. The van der Waals surface area contributed by atoms with E-state index in [4.69, 9.17) is 5.73 Å². The van der Waals surface area contributed by atoms with E-state index in [1.807, 2.05) is 25.7 Å². The lowest BCUT2D eigenvalue weighted by molar-refractivity contribution is -0.138. The number of likely N-dealkylation sites (tertiary alicyclic amines) is 1. The van der Waals surface area contributed by atoms with Crippen LogP contribution >= 0.6 is 0 Å². The van der Waals surface area contributed by atoms with Crippen LogP contribution in [0.2, 0.25) is 0 Å². The molecule has 1 saturated carbocycles. The van der Waals surface area contributed by atoms with Crippen LogP contribution in [0.3, 0.4) is 0 Å². The minimum absolute atomic E-state index is 0.0110. The third-order valence-electron chi connectivity index (χ3n) is 4.54. The molecule has 1 atom stereocenters. The summed E-state index contributed by atoms with van der Waals surface area (Å²) in [5, 5.41) is 3.04. The fourth-order valence-electron chi connectivity index (χ4n) is 2.79. The van der Waals surface area contributed by atoms with Gasteiger partial charge in [-0.15, -0.1) is 0 Å². The van der Waals surface area contributed by atoms with E-state index in [0.29, 0.717) is 19.0 Å². The number of nitrogens with two attached hydrogens (primary N) is 1. The first-order chi connectivity index (χ1) is 9.32. The fourth-order valence-corrected chi connectivity index (χ4v) is 2.79. The summed E-state index contributed by atoms with van der Waals surface area (Å²) in [5.74, 6) is 0.537. The molecule has 20 heavy (non-hydrogen) atoms. The molecule has 2 aliphatic rings. The number of amides is 2. The molecule has 0 spiro atoms. The molecule has 2 amide bonds. The topological polar surface area (TPSA) is 75.4 Å². The van der Waals surface area contributed by atoms with Gasteiger partial charge in [-0.3, -0.25) is 9.59 Å². The molecule has 0 aromatic carbocycles. The Morgan fingerprint density at radius 1 is 1.20 bits per heavy atom. The van der Waals surface area contributed by atoms with Crippen LogP contribution in [0.15, 0.2) is 0 Å². The second-order valence-electron chi connectivity index (χ2n) is 6.79. The van der Waals surface area contributed by atoms with E-state index >= 15 is 0 Å². The molecule has 5 nitrogen and oxygen atoms in total. The van der Waals surface area contributed by atoms with Crippen molar-refractivity contribution in [3.8, 4) is 0 Å². The van der Waals surface area contributed by atoms with Gasteiger partial charge in [0.15, 0.2) is 0 Å². The molecule has 0 bridgehead atoms. The maximum atomic E-state index is 12.5. The van der Waals surface area contributed by atoms with Gasteiger partial charge in [-0.25, -0.2) is 0 Å².